The van der Waals surface area contributed by atoms with Crippen molar-refractivity contribution in [3.05, 3.63) is 59.4 Å². The molecule has 3 rings (SSSR count). The van der Waals surface area contributed by atoms with E-state index in [0.29, 0.717) is 16.8 Å². The highest BCUT2D eigenvalue weighted by atomic mass is 16.1. The zero-order chi connectivity index (χ0) is 20.0. The van der Waals surface area contributed by atoms with Crippen molar-refractivity contribution < 1.29 is 4.79 Å². The molecule has 2 aromatic heterocycles. The topological polar surface area (TPSA) is 78.7 Å². The van der Waals surface area contributed by atoms with Crippen molar-refractivity contribution >= 4 is 28.7 Å². The molecule has 0 amide bonds. The first-order valence-electron chi connectivity index (χ1n) is 8.95. The van der Waals surface area contributed by atoms with Crippen LogP contribution in [0.2, 0.25) is 0 Å². The molecule has 0 radical (unpaired) electrons. The van der Waals surface area contributed by atoms with Crippen molar-refractivity contribution in [3.63, 3.8) is 0 Å². The van der Waals surface area contributed by atoms with Gasteiger partial charge >= 0.3 is 0 Å². The van der Waals surface area contributed by atoms with Crippen molar-refractivity contribution in [2.75, 3.05) is 5.32 Å². The molecule has 0 fully saturated rings. The minimum Gasteiger partial charge on any atom is -0.353 e. The van der Waals surface area contributed by atoms with Crippen LogP contribution in [0, 0.1) is 18.3 Å². The number of pyridine rings is 2. The summed E-state index contributed by atoms with van der Waals surface area (Å²) in [5, 5.41) is 12.5. The fourth-order valence-electron chi connectivity index (χ4n) is 2.58. The Morgan fingerprint density at radius 2 is 1.78 bits per heavy atom. The van der Waals surface area contributed by atoms with E-state index in [-0.39, 0.29) is 0 Å². The molecule has 2 heterocycles. The molecule has 138 valence electrons. The number of fused-ring (bicyclic) bond motifs is 1. The van der Waals surface area contributed by atoms with Crippen LogP contribution in [-0.2, 0) is 5.41 Å². The Hall–Kier alpha value is -3.26. The largest absolute Gasteiger partial charge is 0.353 e. The van der Waals surface area contributed by atoms with Gasteiger partial charge in [0, 0.05) is 17.6 Å². The van der Waals surface area contributed by atoms with Gasteiger partial charge in [0.15, 0.2) is 6.29 Å². The third-order valence-electron chi connectivity index (χ3n) is 4.16. The zero-order valence-corrected chi connectivity index (χ0v) is 16.4. The lowest BCUT2D eigenvalue weighted by atomic mass is 9.86. The summed E-state index contributed by atoms with van der Waals surface area (Å²) in [6, 6.07) is 13.7. The van der Waals surface area contributed by atoms with Crippen LogP contribution in [0.15, 0.2) is 42.6 Å². The molecule has 27 heavy (non-hydrogen) atoms. The van der Waals surface area contributed by atoms with Crippen molar-refractivity contribution in [1.29, 1.82) is 5.26 Å². The number of hydrogen-bond acceptors (Lipinski definition) is 5. The molecule has 5 nitrogen and oxygen atoms in total. The maximum Gasteiger partial charge on any atom is 0.153 e. The zero-order valence-electron chi connectivity index (χ0n) is 16.4. The summed E-state index contributed by atoms with van der Waals surface area (Å²) in [5.74, 6) is 0. The maximum atomic E-state index is 11.4. The molecule has 0 atom stereocenters. The fraction of sp³-hybridized carbons (Fsp3) is 0.273. The highest BCUT2D eigenvalue weighted by Crippen LogP contribution is 2.29. The summed E-state index contributed by atoms with van der Waals surface area (Å²) in [7, 11) is 0. The second-order valence-corrected chi connectivity index (χ2v) is 6.47. The van der Waals surface area contributed by atoms with E-state index >= 15 is 0 Å². The van der Waals surface area contributed by atoms with E-state index in [1.807, 2.05) is 71.0 Å². The Bertz CT molecular complexity index is 986. The second-order valence-electron chi connectivity index (χ2n) is 6.47. The number of aldehydes is 1. The van der Waals surface area contributed by atoms with E-state index in [9.17, 15) is 10.1 Å². The number of nitriles is 1. The number of rotatable bonds is 4. The molecule has 1 N–H and O–H groups in total. The standard InChI is InChI=1S/C20H18N4O.C2H6/c1-13-4-9-17-19(23-13)18(14(11-25)10-22-17)24-16-7-5-15(6-8-16)20(2,3)12-21;1-2/h4-11H,1-3H3,(H,22,24);1-2H3. The summed E-state index contributed by atoms with van der Waals surface area (Å²) in [5.41, 5.74) is 4.52. The summed E-state index contributed by atoms with van der Waals surface area (Å²) >= 11 is 0. The van der Waals surface area contributed by atoms with Gasteiger partial charge in [0.05, 0.1) is 28.3 Å². The average Bonchev–Trinajstić information content (AvgIpc) is 2.70. The van der Waals surface area contributed by atoms with Crippen molar-refractivity contribution in [2.24, 2.45) is 0 Å². The van der Waals surface area contributed by atoms with Gasteiger partial charge < -0.3 is 5.32 Å². The van der Waals surface area contributed by atoms with E-state index in [1.54, 1.807) is 6.20 Å². The monoisotopic (exact) mass is 360 g/mol. The van der Waals surface area contributed by atoms with Gasteiger partial charge in [-0.1, -0.05) is 26.0 Å². The first-order chi connectivity index (χ1) is 12.9. The Labute approximate surface area is 160 Å². The lowest BCUT2D eigenvalue weighted by Gasteiger charge is -2.17. The van der Waals surface area contributed by atoms with Crippen molar-refractivity contribution in [1.82, 2.24) is 9.97 Å². The molecule has 3 aromatic rings. The van der Waals surface area contributed by atoms with Gasteiger partial charge in [0.25, 0.3) is 0 Å². The van der Waals surface area contributed by atoms with Gasteiger partial charge in [-0.25, -0.2) is 4.98 Å². The first-order valence-corrected chi connectivity index (χ1v) is 8.95. The molecular formula is C22H24N4O. The summed E-state index contributed by atoms with van der Waals surface area (Å²) in [6.45, 7) is 9.65. The molecule has 0 aliphatic rings. The van der Waals surface area contributed by atoms with Crippen molar-refractivity contribution in [3.8, 4) is 6.07 Å². The van der Waals surface area contributed by atoms with Crippen LogP contribution in [0.3, 0.4) is 0 Å². The number of hydrogen-bond donors (Lipinski definition) is 1. The number of anilines is 2. The molecular weight excluding hydrogens is 336 g/mol. The van der Waals surface area contributed by atoms with Crippen LogP contribution in [0.4, 0.5) is 11.4 Å². The summed E-state index contributed by atoms with van der Waals surface area (Å²) in [6.07, 6.45) is 2.31. The SMILES string of the molecule is CC.Cc1ccc2ncc(C=O)c(Nc3ccc(C(C)(C)C#N)cc3)c2n1. The summed E-state index contributed by atoms with van der Waals surface area (Å²) < 4.78 is 0. The maximum absolute atomic E-state index is 11.4. The molecule has 0 saturated carbocycles. The predicted octanol–water partition coefficient (Wildman–Crippen LogP) is 5.32. The average molecular weight is 360 g/mol. The molecule has 1 aromatic carbocycles. The molecule has 5 heteroatoms. The van der Waals surface area contributed by atoms with E-state index < -0.39 is 5.41 Å². The van der Waals surface area contributed by atoms with E-state index in [2.05, 4.69) is 21.4 Å². The Kier molecular flexibility index (Phi) is 6.25. The van der Waals surface area contributed by atoms with Crippen molar-refractivity contribution in [2.45, 2.75) is 40.0 Å². The third-order valence-corrected chi connectivity index (χ3v) is 4.16. The van der Waals surface area contributed by atoms with Crippen LogP contribution < -0.4 is 5.32 Å². The number of benzene rings is 1. The van der Waals surface area contributed by atoms with Gasteiger partial charge in [-0.15, -0.1) is 0 Å². The lowest BCUT2D eigenvalue weighted by Crippen LogP contribution is -2.13. The van der Waals surface area contributed by atoms with Crippen LogP contribution in [0.25, 0.3) is 11.0 Å². The predicted molar refractivity (Wildman–Crippen MR) is 109 cm³/mol. The minimum absolute atomic E-state index is 0.451. The van der Waals surface area contributed by atoms with Gasteiger partial charge in [-0.3, -0.25) is 9.78 Å². The summed E-state index contributed by atoms with van der Waals surface area (Å²) in [4.78, 5) is 20.2. The fourth-order valence-corrected chi connectivity index (χ4v) is 2.58. The van der Waals surface area contributed by atoms with Gasteiger partial charge in [0.2, 0.25) is 0 Å². The van der Waals surface area contributed by atoms with Crippen LogP contribution >= 0.6 is 0 Å². The van der Waals surface area contributed by atoms with Crippen LogP contribution in [-0.4, -0.2) is 16.3 Å². The smallest absolute Gasteiger partial charge is 0.153 e. The quantitative estimate of drug-likeness (QED) is 0.637. The molecule has 0 bridgehead atoms. The number of nitrogens with zero attached hydrogens (tertiary/aromatic N) is 3. The molecule has 0 aliphatic heterocycles. The number of aromatic nitrogens is 2. The minimum atomic E-state index is -0.547. The molecule has 0 unspecified atom stereocenters. The number of carbonyl (C=O) groups is 1. The number of nitrogens with one attached hydrogen (secondary N) is 1. The van der Waals surface area contributed by atoms with Gasteiger partial charge in [0.1, 0.15) is 5.52 Å². The van der Waals surface area contributed by atoms with Crippen LogP contribution in [0.5, 0.6) is 0 Å². The highest BCUT2D eigenvalue weighted by Gasteiger charge is 2.19. The third kappa shape index (κ3) is 4.29. The van der Waals surface area contributed by atoms with E-state index in [4.69, 9.17) is 0 Å². The second kappa shape index (κ2) is 8.41. The van der Waals surface area contributed by atoms with Gasteiger partial charge in [-0.05, 0) is 50.6 Å². The van der Waals surface area contributed by atoms with E-state index in [1.165, 1.54) is 0 Å². The molecule has 0 saturated heterocycles. The molecule has 0 spiro atoms. The highest BCUT2D eigenvalue weighted by molar-refractivity contribution is 5.99. The number of aryl methyl sites for hydroxylation is 1. The Morgan fingerprint density at radius 1 is 1.11 bits per heavy atom. The first kappa shape index (κ1) is 20.1. The van der Waals surface area contributed by atoms with Crippen LogP contribution in [0.1, 0.15) is 49.3 Å². The Morgan fingerprint density at radius 3 is 2.37 bits per heavy atom. The lowest BCUT2D eigenvalue weighted by molar-refractivity contribution is 0.112. The number of carbonyl (C=O) groups excluding carboxylic acids is 1. The normalized spacial score (nSPS) is 10.5. The molecule has 0 aliphatic carbocycles. The van der Waals surface area contributed by atoms with E-state index in [0.717, 1.165) is 28.7 Å². The Balaban J connectivity index is 0.00000126. The van der Waals surface area contributed by atoms with Gasteiger partial charge in [-0.2, -0.15) is 5.26 Å².